The number of hydrogen-bond acceptors (Lipinski definition) is 3. The normalized spacial score (nSPS) is 18.5. The third kappa shape index (κ3) is 3.76. The van der Waals surface area contributed by atoms with Gasteiger partial charge in [-0.25, -0.2) is 4.79 Å². The average molecular weight is 418 g/mol. The van der Waals surface area contributed by atoms with Gasteiger partial charge in [-0.05, 0) is 54.0 Å². The molecule has 28 heavy (non-hydrogen) atoms. The molecule has 7 heteroatoms. The monoisotopic (exact) mass is 417 g/mol. The number of urea groups is 1. The van der Waals surface area contributed by atoms with Crippen LogP contribution in [0, 0.1) is 0 Å². The Morgan fingerprint density at radius 2 is 1.89 bits per heavy atom. The van der Waals surface area contributed by atoms with E-state index in [1.54, 1.807) is 35.2 Å². The van der Waals surface area contributed by atoms with Crippen LogP contribution >= 0.6 is 22.9 Å². The summed E-state index contributed by atoms with van der Waals surface area (Å²) in [7, 11) is 3.47. The van der Waals surface area contributed by atoms with Crippen molar-refractivity contribution in [3.05, 3.63) is 56.7 Å². The lowest BCUT2D eigenvalue weighted by atomic mass is 9.93. The van der Waals surface area contributed by atoms with Crippen molar-refractivity contribution in [1.82, 2.24) is 14.7 Å². The van der Waals surface area contributed by atoms with E-state index in [4.69, 9.17) is 11.6 Å². The molecule has 1 aliphatic heterocycles. The van der Waals surface area contributed by atoms with E-state index < -0.39 is 0 Å². The van der Waals surface area contributed by atoms with E-state index in [1.807, 2.05) is 29.2 Å². The van der Waals surface area contributed by atoms with Crippen molar-refractivity contribution >= 4 is 34.9 Å². The molecule has 1 aliphatic carbocycles. The van der Waals surface area contributed by atoms with Crippen molar-refractivity contribution in [2.75, 3.05) is 27.2 Å². The Morgan fingerprint density at radius 3 is 2.54 bits per heavy atom. The smallest absolute Gasteiger partial charge is 0.320 e. The van der Waals surface area contributed by atoms with Crippen LogP contribution in [0.15, 0.2) is 35.7 Å². The molecule has 0 bridgehead atoms. The number of carbonyl (C=O) groups is 2. The second-order valence-electron chi connectivity index (χ2n) is 7.63. The van der Waals surface area contributed by atoms with Gasteiger partial charge in [0.25, 0.3) is 0 Å². The zero-order valence-electron chi connectivity index (χ0n) is 16.1. The molecule has 0 saturated heterocycles. The van der Waals surface area contributed by atoms with Crippen LogP contribution in [0.5, 0.6) is 0 Å². The molecule has 1 fully saturated rings. The highest BCUT2D eigenvalue weighted by atomic mass is 35.5. The number of fused-ring (bicyclic) bond motifs is 1. The maximum Gasteiger partial charge on any atom is 0.320 e. The number of benzene rings is 1. The largest absolute Gasteiger partial charge is 0.331 e. The molecule has 5 nitrogen and oxygen atoms in total. The van der Waals surface area contributed by atoms with E-state index >= 15 is 0 Å². The third-order valence-electron chi connectivity index (χ3n) is 5.39. The number of carbonyl (C=O) groups excluding carboxylic acids is 2. The number of amides is 3. The second kappa shape index (κ2) is 7.76. The fraction of sp³-hybridized carbons (Fsp3) is 0.429. The topological polar surface area (TPSA) is 43.9 Å². The highest BCUT2D eigenvalue weighted by Crippen LogP contribution is 2.38. The number of halogens is 1. The lowest BCUT2D eigenvalue weighted by molar-refractivity contribution is -0.134. The Bertz CT molecular complexity index is 876. The van der Waals surface area contributed by atoms with Crippen LogP contribution in [-0.2, 0) is 11.2 Å². The van der Waals surface area contributed by atoms with E-state index in [0.717, 1.165) is 24.8 Å². The minimum absolute atomic E-state index is 0.00102. The fourth-order valence-electron chi connectivity index (χ4n) is 3.82. The van der Waals surface area contributed by atoms with Crippen LogP contribution < -0.4 is 0 Å². The summed E-state index contributed by atoms with van der Waals surface area (Å²) in [5.74, 6) is -0.00102. The quantitative estimate of drug-likeness (QED) is 0.754. The average Bonchev–Trinajstić information content (AvgIpc) is 3.41. The second-order valence-corrected chi connectivity index (χ2v) is 9.06. The molecular formula is C21H24ClN3O2S. The molecule has 2 aromatic rings. The van der Waals surface area contributed by atoms with Gasteiger partial charge in [0.15, 0.2) is 0 Å². The van der Waals surface area contributed by atoms with E-state index in [1.165, 1.54) is 10.4 Å². The molecule has 1 saturated carbocycles. The van der Waals surface area contributed by atoms with Crippen molar-refractivity contribution in [2.24, 2.45) is 0 Å². The van der Waals surface area contributed by atoms with Crippen molar-refractivity contribution in [3.63, 3.8) is 0 Å². The van der Waals surface area contributed by atoms with Gasteiger partial charge in [-0.15, -0.1) is 11.3 Å². The first-order valence-corrected chi connectivity index (χ1v) is 10.8. The van der Waals surface area contributed by atoms with Crippen molar-refractivity contribution in [2.45, 2.75) is 31.3 Å². The maximum atomic E-state index is 13.3. The molecule has 0 N–H and O–H groups in total. The first kappa shape index (κ1) is 19.3. The number of nitrogens with zero attached hydrogens (tertiary/aromatic N) is 3. The van der Waals surface area contributed by atoms with Gasteiger partial charge in [0, 0.05) is 36.6 Å². The maximum absolute atomic E-state index is 13.3. The molecule has 2 aliphatic rings. The van der Waals surface area contributed by atoms with Gasteiger partial charge in [-0.1, -0.05) is 23.7 Å². The molecule has 1 aromatic carbocycles. The Hall–Kier alpha value is -2.05. The van der Waals surface area contributed by atoms with Gasteiger partial charge < -0.3 is 14.7 Å². The minimum Gasteiger partial charge on any atom is -0.331 e. The summed E-state index contributed by atoms with van der Waals surface area (Å²) >= 11 is 7.82. The Morgan fingerprint density at radius 1 is 1.18 bits per heavy atom. The summed E-state index contributed by atoms with van der Waals surface area (Å²) in [5, 5.41) is 2.77. The van der Waals surface area contributed by atoms with E-state index in [0.29, 0.717) is 11.6 Å². The molecule has 148 valence electrons. The van der Waals surface area contributed by atoms with Crippen molar-refractivity contribution in [3.8, 4) is 0 Å². The van der Waals surface area contributed by atoms with Gasteiger partial charge in [0.05, 0.1) is 6.04 Å². The Balaban J connectivity index is 1.62. The molecule has 1 unspecified atom stereocenters. The molecule has 1 aromatic heterocycles. The predicted octanol–water partition coefficient (Wildman–Crippen LogP) is 4.02. The van der Waals surface area contributed by atoms with Crippen LogP contribution in [-0.4, -0.2) is 59.9 Å². The van der Waals surface area contributed by atoms with Gasteiger partial charge in [0.1, 0.15) is 6.54 Å². The lowest BCUT2D eigenvalue weighted by Crippen LogP contribution is -2.49. The van der Waals surface area contributed by atoms with Gasteiger partial charge in [-0.3, -0.25) is 4.79 Å². The summed E-state index contributed by atoms with van der Waals surface area (Å²) in [5.41, 5.74) is 2.23. The van der Waals surface area contributed by atoms with E-state index in [2.05, 4.69) is 11.4 Å². The summed E-state index contributed by atoms with van der Waals surface area (Å²) in [4.78, 5) is 32.4. The first-order valence-electron chi connectivity index (χ1n) is 9.55. The van der Waals surface area contributed by atoms with Crippen LogP contribution in [0.4, 0.5) is 4.79 Å². The number of hydrogen-bond donors (Lipinski definition) is 0. The number of rotatable bonds is 4. The third-order valence-corrected chi connectivity index (χ3v) is 6.64. The zero-order valence-corrected chi connectivity index (χ0v) is 17.7. The van der Waals surface area contributed by atoms with Crippen LogP contribution in [0.25, 0.3) is 0 Å². The van der Waals surface area contributed by atoms with Crippen molar-refractivity contribution in [1.29, 1.82) is 0 Å². The minimum atomic E-state index is -0.129. The van der Waals surface area contributed by atoms with Crippen LogP contribution in [0.3, 0.4) is 0 Å². The summed E-state index contributed by atoms with van der Waals surface area (Å²) < 4.78 is 0. The standard InChI is InChI=1S/C21H24ClN3O2S/c1-23(2)21(27)25(16-7-8-16)13-19(26)24-11-9-18-17(10-12-28-18)20(24)14-3-5-15(22)6-4-14/h3-6,10,12,16,20H,7-9,11,13H2,1-2H3. The van der Waals surface area contributed by atoms with E-state index in [-0.39, 0.29) is 30.6 Å². The zero-order chi connectivity index (χ0) is 19.8. The molecule has 0 spiro atoms. The summed E-state index contributed by atoms with van der Waals surface area (Å²) in [6, 6.07) is 9.80. The van der Waals surface area contributed by atoms with Gasteiger partial charge in [-0.2, -0.15) is 0 Å². The highest BCUT2D eigenvalue weighted by Gasteiger charge is 2.38. The summed E-state index contributed by atoms with van der Waals surface area (Å²) in [6.07, 6.45) is 2.80. The number of thiophene rings is 1. The molecule has 0 radical (unpaired) electrons. The fourth-order valence-corrected chi connectivity index (χ4v) is 4.85. The van der Waals surface area contributed by atoms with Gasteiger partial charge >= 0.3 is 6.03 Å². The lowest BCUT2D eigenvalue weighted by Gasteiger charge is -2.38. The predicted molar refractivity (Wildman–Crippen MR) is 112 cm³/mol. The van der Waals surface area contributed by atoms with Gasteiger partial charge in [0.2, 0.25) is 5.91 Å². The molecule has 3 amide bonds. The van der Waals surface area contributed by atoms with Crippen LogP contribution in [0.2, 0.25) is 5.02 Å². The molecule has 4 rings (SSSR count). The molecule has 2 heterocycles. The Kier molecular flexibility index (Phi) is 5.34. The SMILES string of the molecule is CN(C)C(=O)N(CC(=O)N1CCc2sccc2C1c1ccc(Cl)cc1)C1CC1. The summed E-state index contributed by atoms with van der Waals surface area (Å²) in [6.45, 7) is 0.791. The molecular weight excluding hydrogens is 394 g/mol. The van der Waals surface area contributed by atoms with Crippen molar-refractivity contribution < 1.29 is 9.59 Å². The van der Waals surface area contributed by atoms with E-state index in [9.17, 15) is 9.59 Å². The molecule has 1 atom stereocenters. The van der Waals surface area contributed by atoms with Crippen LogP contribution in [0.1, 0.15) is 34.9 Å². The highest BCUT2D eigenvalue weighted by molar-refractivity contribution is 7.10. The Labute approximate surface area is 174 Å². The first-order chi connectivity index (χ1) is 13.5.